The lowest BCUT2D eigenvalue weighted by molar-refractivity contribution is -0.0503. The minimum atomic E-state index is -2.74. The van der Waals surface area contributed by atoms with Crippen molar-refractivity contribution in [2.75, 3.05) is 0 Å². The summed E-state index contributed by atoms with van der Waals surface area (Å²) in [6.07, 6.45) is 0. The molecule has 0 saturated heterocycles. The normalized spacial score (nSPS) is 10.4. The molecule has 0 aromatic heterocycles. The van der Waals surface area contributed by atoms with Gasteiger partial charge in [-0.2, -0.15) is 8.78 Å². The van der Waals surface area contributed by atoms with Crippen molar-refractivity contribution in [2.24, 2.45) is 0 Å². The predicted molar refractivity (Wildman–Crippen MR) is 42.5 cm³/mol. The number of alkyl halides is 2. The molecule has 0 aliphatic heterocycles. The van der Waals surface area contributed by atoms with Gasteiger partial charge in [-0.15, -0.1) is 0 Å². The number of benzene rings is 1. The molecule has 1 aromatic rings. The van der Waals surface area contributed by atoms with Gasteiger partial charge in [0, 0.05) is 0 Å². The number of rotatable bonds is 2. The Morgan fingerprint density at radius 2 is 1.92 bits per heavy atom. The molecule has 0 heterocycles. The van der Waals surface area contributed by atoms with Gasteiger partial charge in [0.1, 0.15) is 5.75 Å². The minimum absolute atomic E-state index is 0.255. The molecule has 12 heavy (non-hydrogen) atoms. The van der Waals surface area contributed by atoms with Crippen LogP contribution in [0.3, 0.4) is 0 Å². The lowest BCUT2D eigenvalue weighted by atomic mass is 10.1. The molecule has 0 atom stereocenters. The minimum Gasteiger partial charge on any atom is -0.435 e. The van der Waals surface area contributed by atoms with Crippen molar-refractivity contribution in [1.82, 2.24) is 0 Å². The summed E-state index contributed by atoms with van der Waals surface area (Å²) in [5, 5.41) is 0. The summed E-state index contributed by atoms with van der Waals surface area (Å²) >= 11 is 0. The quantitative estimate of drug-likeness (QED) is 0.666. The van der Waals surface area contributed by atoms with E-state index in [1.54, 1.807) is 13.0 Å². The monoisotopic (exact) mass is 172 g/mol. The zero-order valence-corrected chi connectivity index (χ0v) is 6.97. The Balaban J connectivity index is 2.92. The maximum Gasteiger partial charge on any atom is 0.387 e. The molecule has 1 rings (SSSR count). The van der Waals surface area contributed by atoms with Crippen molar-refractivity contribution in [3.63, 3.8) is 0 Å². The molecule has 0 bridgehead atoms. The van der Waals surface area contributed by atoms with Crippen molar-refractivity contribution in [3.05, 3.63) is 29.3 Å². The van der Waals surface area contributed by atoms with E-state index in [2.05, 4.69) is 4.74 Å². The predicted octanol–water partition coefficient (Wildman–Crippen LogP) is 2.90. The summed E-state index contributed by atoms with van der Waals surface area (Å²) in [5.41, 5.74) is 1.71. The maximum absolute atomic E-state index is 11.8. The van der Waals surface area contributed by atoms with Crippen molar-refractivity contribution in [1.29, 1.82) is 0 Å². The van der Waals surface area contributed by atoms with E-state index >= 15 is 0 Å². The zero-order valence-electron chi connectivity index (χ0n) is 6.97. The van der Waals surface area contributed by atoms with E-state index < -0.39 is 6.61 Å². The number of ether oxygens (including phenoxy) is 1. The Morgan fingerprint density at radius 1 is 1.25 bits per heavy atom. The van der Waals surface area contributed by atoms with Crippen LogP contribution in [-0.4, -0.2) is 6.61 Å². The molecule has 0 saturated carbocycles. The van der Waals surface area contributed by atoms with Gasteiger partial charge in [-0.25, -0.2) is 0 Å². The van der Waals surface area contributed by atoms with Gasteiger partial charge in [0.25, 0.3) is 0 Å². The zero-order chi connectivity index (χ0) is 9.14. The van der Waals surface area contributed by atoms with Gasteiger partial charge in [0.05, 0.1) is 0 Å². The van der Waals surface area contributed by atoms with Crippen LogP contribution in [0.2, 0.25) is 0 Å². The molecule has 0 spiro atoms. The molecule has 66 valence electrons. The van der Waals surface area contributed by atoms with Crippen LogP contribution in [-0.2, 0) is 0 Å². The standard InChI is InChI=1S/C9H10F2O/c1-6-4-3-5-8(7(6)2)12-9(10)11/h3-5,9H,1-2H3. The highest BCUT2D eigenvalue weighted by Crippen LogP contribution is 2.21. The van der Waals surface area contributed by atoms with Gasteiger partial charge < -0.3 is 4.74 Å². The van der Waals surface area contributed by atoms with Crippen molar-refractivity contribution >= 4 is 0 Å². The second-order valence-electron chi connectivity index (χ2n) is 2.58. The average molecular weight is 172 g/mol. The second-order valence-corrected chi connectivity index (χ2v) is 2.58. The van der Waals surface area contributed by atoms with Crippen LogP contribution in [0.1, 0.15) is 11.1 Å². The Labute approximate surface area is 70.0 Å². The fourth-order valence-corrected chi connectivity index (χ4v) is 0.948. The summed E-state index contributed by atoms with van der Waals surface area (Å²) in [5.74, 6) is 0.255. The van der Waals surface area contributed by atoms with Crippen LogP contribution in [0.15, 0.2) is 18.2 Å². The highest BCUT2D eigenvalue weighted by molar-refractivity contribution is 5.38. The van der Waals surface area contributed by atoms with E-state index in [-0.39, 0.29) is 5.75 Å². The van der Waals surface area contributed by atoms with E-state index in [0.29, 0.717) is 0 Å². The largest absolute Gasteiger partial charge is 0.435 e. The number of hydrogen-bond donors (Lipinski definition) is 0. The van der Waals surface area contributed by atoms with E-state index in [0.717, 1.165) is 11.1 Å². The Bertz CT molecular complexity index is 271. The van der Waals surface area contributed by atoms with Crippen LogP contribution in [0, 0.1) is 13.8 Å². The lowest BCUT2D eigenvalue weighted by Crippen LogP contribution is -2.03. The Morgan fingerprint density at radius 3 is 2.50 bits per heavy atom. The van der Waals surface area contributed by atoms with Gasteiger partial charge in [-0.3, -0.25) is 0 Å². The van der Waals surface area contributed by atoms with Crippen molar-refractivity contribution in [3.8, 4) is 5.75 Å². The van der Waals surface area contributed by atoms with Crippen LogP contribution in [0.5, 0.6) is 5.75 Å². The molecule has 0 fully saturated rings. The fourth-order valence-electron chi connectivity index (χ4n) is 0.948. The molecule has 0 aliphatic rings. The van der Waals surface area contributed by atoms with Gasteiger partial charge >= 0.3 is 6.61 Å². The molecule has 0 unspecified atom stereocenters. The van der Waals surface area contributed by atoms with Crippen LogP contribution in [0.25, 0.3) is 0 Å². The molecule has 0 radical (unpaired) electrons. The smallest absolute Gasteiger partial charge is 0.387 e. The van der Waals surface area contributed by atoms with Crippen molar-refractivity contribution in [2.45, 2.75) is 20.5 Å². The summed E-state index contributed by atoms with van der Waals surface area (Å²) in [7, 11) is 0. The second kappa shape index (κ2) is 3.52. The van der Waals surface area contributed by atoms with E-state index in [1.807, 2.05) is 13.0 Å². The summed E-state index contributed by atoms with van der Waals surface area (Å²) in [4.78, 5) is 0. The lowest BCUT2D eigenvalue weighted by Gasteiger charge is -2.08. The van der Waals surface area contributed by atoms with Gasteiger partial charge in [-0.1, -0.05) is 12.1 Å². The fraction of sp³-hybridized carbons (Fsp3) is 0.333. The molecular formula is C9H10F2O. The molecule has 0 aliphatic carbocycles. The molecule has 0 N–H and O–H groups in total. The van der Waals surface area contributed by atoms with Crippen molar-refractivity contribution < 1.29 is 13.5 Å². The topological polar surface area (TPSA) is 9.23 Å². The molecule has 1 nitrogen and oxygen atoms in total. The molecule has 0 amide bonds. The number of hydrogen-bond acceptors (Lipinski definition) is 1. The first-order valence-electron chi connectivity index (χ1n) is 3.62. The third kappa shape index (κ3) is 1.94. The van der Waals surface area contributed by atoms with Gasteiger partial charge in [0.15, 0.2) is 0 Å². The Hall–Kier alpha value is -1.12. The Kier molecular flexibility index (Phi) is 2.63. The van der Waals surface area contributed by atoms with Crippen LogP contribution < -0.4 is 4.74 Å². The summed E-state index contributed by atoms with van der Waals surface area (Å²) in [6, 6.07) is 5.09. The van der Waals surface area contributed by atoms with E-state index in [4.69, 9.17) is 0 Å². The first kappa shape index (κ1) is 8.97. The molecule has 3 heteroatoms. The molecule has 1 aromatic carbocycles. The maximum atomic E-state index is 11.8. The third-order valence-electron chi connectivity index (χ3n) is 1.77. The number of aryl methyl sites for hydroxylation is 1. The molecular weight excluding hydrogens is 162 g/mol. The highest BCUT2D eigenvalue weighted by atomic mass is 19.3. The van der Waals surface area contributed by atoms with E-state index in [1.165, 1.54) is 6.07 Å². The van der Waals surface area contributed by atoms with Crippen LogP contribution in [0.4, 0.5) is 8.78 Å². The first-order chi connectivity index (χ1) is 5.61. The van der Waals surface area contributed by atoms with Crippen LogP contribution >= 0.6 is 0 Å². The highest BCUT2D eigenvalue weighted by Gasteiger charge is 2.07. The third-order valence-corrected chi connectivity index (χ3v) is 1.77. The first-order valence-corrected chi connectivity index (χ1v) is 3.62. The van der Waals surface area contributed by atoms with Gasteiger partial charge in [0.2, 0.25) is 0 Å². The van der Waals surface area contributed by atoms with Gasteiger partial charge in [-0.05, 0) is 31.0 Å². The average Bonchev–Trinajstić information content (AvgIpc) is 1.98. The van der Waals surface area contributed by atoms with E-state index in [9.17, 15) is 8.78 Å². The summed E-state index contributed by atoms with van der Waals surface area (Å²) in [6.45, 7) is 0.867. The SMILES string of the molecule is Cc1cccc(OC(F)F)c1C. The number of halogens is 2. The summed E-state index contributed by atoms with van der Waals surface area (Å²) < 4.78 is 27.9.